The summed E-state index contributed by atoms with van der Waals surface area (Å²) in [4.78, 5) is 0. The van der Waals surface area contributed by atoms with Crippen LogP contribution in [0, 0.1) is 0 Å². The van der Waals surface area contributed by atoms with Gasteiger partial charge in [0.2, 0.25) is 0 Å². The Kier molecular flexibility index (Phi) is 3.77. The molecule has 1 aromatic rings. The van der Waals surface area contributed by atoms with Crippen molar-refractivity contribution in [3.05, 3.63) is 41.3 Å². The largest absolute Gasteiger partial charge is 0.267 e. The van der Waals surface area contributed by atoms with Crippen molar-refractivity contribution in [1.29, 1.82) is 0 Å². The third-order valence-corrected chi connectivity index (χ3v) is 3.68. The lowest BCUT2D eigenvalue weighted by Gasteiger charge is -2.20. The molecule has 5 heteroatoms. The molecule has 0 aliphatic rings. The van der Waals surface area contributed by atoms with Gasteiger partial charge in [-0.1, -0.05) is 18.2 Å². The third kappa shape index (κ3) is 2.73. The summed E-state index contributed by atoms with van der Waals surface area (Å²) in [5, 5.41) is 1.51. The van der Waals surface area contributed by atoms with Crippen LogP contribution in [-0.4, -0.2) is 15.0 Å². The summed E-state index contributed by atoms with van der Waals surface area (Å²) in [5.74, 6) is 0. The summed E-state index contributed by atoms with van der Waals surface area (Å²) in [6.07, 6.45) is 0. The Morgan fingerprint density at radius 2 is 1.93 bits per heavy atom. The maximum atomic E-state index is 11.6. The maximum Gasteiger partial charge on any atom is 0.256 e. The molecule has 3 nitrogen and oxygen atoms in total. The van der Waals surface area contributed by atoms with Crippen LogP contribution >= 0.6 is 11.6 Å². The number of rotatable bonds is 4. The summed E-state index contributed by atoms with van der Waals surface area (Å²) < 4.78 is 24.4. The highest BCUT2D eigenvalue weighted by atomic mass is 35.5. The van der Waals surface area contributed by atoms with Crippen LogP contribution in [0.2, 0.25) is 5.02 Å². The first-order valence-electron chi connectivity index (χ1n) is 4.42. The van der Waals surface area contributed by atoms with Crippen molar-refractivity contribution in [2.45, 2.75) is 6.92 Å². The van der Waals surface area contributed by atoms with Crippen molar-refractivity contribution in [1.82, 2.24) is 0 Å². The van der Waals surface area contributed by atoms with Crippen LogP contribution in [0.3, 0.4) is 0 Å². The molecule has 0 atom stereocenters. The fraction of sp³-hybridized carbons (Fsp3) is 0.200. The molecule has 0 aromatic heterocycles. The smallest absolute Gasteiger partial charge is 0.256 e. The topological polar surface area (TPSA) is 37.4 Å². The minimum absolute atomic E-state index is 0.357. The van der Waals surface area contributed by atoms with Gasteiger partial charge in [0.25, 0.3) is 10.0 Å². The number of hydrogen-bond acceptors (Lipinski definition) is 2. The van der Waals surface area contributed by atoms with E-state index in [1.54, 1.807) is 31.2 Å². The second kappa shape index (κ2) is 4.68. The SMILES string of the molecule is C=CS(=O)(=O)N(CC)c1ccc(Cl)cc1. The van der Waals surface area contributed by atoms with Gasteiger partial charge in [0, 0.05) is 17.0 Å². The van der Waals surface area contributed by atoms with Gasteiger partial charge < -0.3 is 0 Å². The summed E-state index contributed by atoms with van der Waals surface area (Å²) in [7, 11) is -3.42. The zero-order valence-electron chi connectivity index (χ0n) is 8.35. The molecule has 82 valence electrons. The molecular weight excluding hydrogens is 234 g/mol. The summed E-state index contributed by atoms with van der Waals surface area (Å²) in [6, 6.07) is 6.62. The first-order chi connectivity index (χ1) is 7.01. The molecule has 15 heavy (non-hydrogen) atoms. The molecule has 1 rings (SSSR count). The van der Waals surface area contributed by atoms with E-state index >= 15 is 0 Å². The average Bonchev–Trinajstić information content (AvgIpc) is 2.22. The minimum atomic E-state index is -3.42. The van der Waals surface area contributed by atoms with Crippen LogP contribution in [0.4, 0.5) is 5.69 Å². The van der Waals surface area contributed by atoms with E-state index in [2.05, 4.69) is 6.58 Å². The quantitative estimate of drug-likeness (QED) is 0.818. The first-order valence-corrected chi connectivity index (χ1v) is 6.30. The third-order valence-electron chi connectivity index (χ3n) is 1.92. The minimum Gasteiger partial charge on any atom is -0.267 e. The molecular formula is C10H12ClNO2S. The second-order valence-corrected chi connectivity index (χ2v) is 5.09. The molecule has 1 aromatic carbocycles. The first kappa shape index (κ1) is 12.1. The van der Waals surface area contributed by atoms with Crippen LogP contribution < -0.4 is 4.31 Å². The van der Waals surface area contributed by atoms with Gasteiger partial charge in [-0.25, -0.2) is 8.42 Å². The van der Waals surface area contributed by atoms with Crippen molar-refractivity contribution in [2.24, 2.45) is 0 Å². The zero-order chi connectivity index (χ0) is 11.5. The number of sulfonamides is 1. The molecule has 0 amide bonds. The fourth-order valence-corrected chi connectivity index (χ4v) is 2.29. The average molecular weight is 246 g/mol. The van der Waals surface area contributed by atoms with Crippen molar-refractivity contribution in [3.63, 3.8) is 0 Å². The van der Waals surface area contributed by atoms with E-state index < -0.39 is 10.0 Å². The van der Waals surface area contributed by atoms with Crippen LogP contribution in [-0.2, 0) is 10.0 Å². The van der Waals surface area contributed by atoms with E-state index in [4.69, 9.17) is 11.6 Å². The lowest BCUT2D eigenvalue weighted by molar-refractivity contribution is 0.600. The van der Waals surface area contributed by atoms with Crippen LogP contribution in [0.15, 0.2) is 36.3 Å². The fourth-order valence-electron chi connectivity index (χ4n) is 1.21. The Hall–Kier alpha value is -1.00. The van der Waals surface area contributed by atoms with Gasteiger partial charge >= 0.3 is 0 Å². The van der Waals surface area contributed by atoms with E-state index in [1.165, 1.54) is 4.31 Å². The van der Waals surface area contributed by atoms with Gasteiger partial charge in [-0.3, -0.25) is 4.31 Å². The standard InChI is InChI=1S/C10H12ClNO2S/c1-3-12(15(13,14)4-2)10-7-5-9(11)6-8-10/h4-8H,2-3H2,1H3. The molecule has 0 fully saturated rings. The van der Waals surface area contributed by atoms with Gasteiger partial charge in [-0.2, -0.15) is 0 Å². The van der Waals surface area contributed by atoms with Crippen molar-refractivity contribution >= 4 is 27.3 Å². The van der Waals surface area contributed by atoms with Crippen LogP contribution in [0.1, 0.15) is 6.92 Å². The Labute approximate surface area is 95.0 Å². The monoisotopic (exact) mass is 245 g/mol. The van der Waals surface area contributed by atoms with Crippen LogP contribution in [0.25, 0.3) is 0 Å². The summed E-state index contributed by atoms with van der Waals surface area (Å²) in [6.45, 7) is 5.41. The number of anilines is 1. The zero-order valence-corrected chi connectivity index (χ0v) is 9.92. The Morgan fingerprint density at radius 3 is 2.33 bits per heavy atom. The molecule has 0 aliphatic heterocycles. The predicted molar refractivity (Wildman–Crippen MR) is 63.6 cm³/mol. The molecule has 0 radical (unpaired) electrons. The van der Waals surface area contributed by atoms with Crippen molar-refractivity contribution in [2.75, 3.05) is 10.8 Å². The van der Waals surface area contributed by atoms with Crippen molar-refractivity contribution < 1.29 is 8.42 Å². The van der Waals surface area contributed by atoms with E-state index in [0.29, 0.717) is 17.3 Å². The van der Waals surface area contributed by atoms with E-state index in [1.807, 2.05) is 0 Å². The normalized spacial score (nSPS) is 11.1. The van der Waals surface area contributed by atoms with Gasteiger partial charge in [-0.05, 0) is 31.2 Å². The second-order valence-electron chi connectivity index (χ2n) is 2.85. The number of halogens is 1. The molecule has 0 bridgehead atoms. The van der Waals surface area contributed by atoms with Crippen LogP contribution in [0.5, 0.6) is 0 Å². The Bertz CT molecular complexity index is 439. The summed E-state index contributed by atoms with van der Waals surface area (Å²) >= 11 is 5.72. The predicted octanol–water partition coefficient (Wildman–Crippen LogP) is 2.64. The van der Waals surface area contributed by atoms with Gasteiger partial charge in [0.05, 0.1) is 5.69 Å². The Morgan fingerprint density at radius 1 is 1.40 bits per heavy atom. The molecule has 0 aliphatic carbocycles. The van der Waals surface area contributed by atoms with Gasteiger partial charge in [0.15, 0.2) is 0 Å². The van der Waals surface area contributed by atoms with Gasteiger partial charge in [0.1, 0.15) is 0 Å². The molecule has 0 heterocycles. The highest BCUT2D eigenvalue weighted by Gasteiger charge is 2.16. The summed E-state index contributed by atoms with van der Waals surface area (Å²) in [5.41, 5.74) is 0.585. The molecule has 0 spiro atoms. The van der Waals surface area contributed by atoms with E-state index in [-0.39, 0.29) is 0 Å². The highest BCUT2D eigenvalue weighted by Crippen LogP contribution is 2.20. The molecule has 0 saturated heterocycles. The van der Waals surface area contributed by atoms with E-state index in [9.17, 15) is 8.42 Å². The lowest BCUT2D eigenvalue weighted by atomic mass is 10.3. The number of benzene rings is 1. The van der Waals surface area contributed by atoms with Gasteiger partial charge in [-0.15, -0.1) is 0 Å². The Balaban J connectivity index is 3.14. The number of nitrogens with zero attached hydrogens (tertiary/aromatic N) is 1. The molecule has 0 N–H and O–H groups in total. The lowest BCUT2D eigenvalue weighted by Crippen LogP contribution is -2.28. The molecule has 0 unspecified atom stereocenters. The van der Waals surface area contributed by atoms with E-state index in [0.717, 1.165) is 5.41 Å². The highest BCUT2D eigenvalue weighted by molar-refractivity contribution is 7.95. The maximum absolute atomic E-state index is 11.6. The molecule has 0 saturated carbocycles. The van der Waals surface area contributed by atoms with Crippen molar-refractivity contribution in [3.8, 4) is 0 Å². The number of hydrogen-bond donors (Lipinski definition) is 0.